The van der Waals surface area contributed by atoms with Gasteiger partial charge in [-0.2, -0.15) is 5.26 Å². The number of para-hydroxylation sites is 1. The molecule has 6 nitrogen and oxygen atoms in total. The Morgan fingerprint density at radius 2 is 1.77 bits per heavy atom. The van der Waals surface area contributed by atoms with Gasteiger partial charge in [0.05, 0.1) is 0 Å². The molecule has 0 aliphatic heterocycles. The molecule has 0 atom stereocenters. The van der Waals surface area contributed by atoms with Gasteiger partial charge in [0.1, 0.15) is 11.6 Å². The van der Waals surface area contributed by atoms with Crippen molar-refractivity contribution >= 4 is 39.7 Å². The van der Waals surface area contributed by atoms with Gasteiger partial charge in [-0.3, -0.25) is 10.1 Å². The largest absolute Gasteiger partial charge is 0.351 e. The van der Waals surface area contributed by atoms with Gasteiger partial charge in [-0.1, -0.05) is 54.6 Å². The minimum absolute atomic E-state index is 0.192. The molecule has 30 heavy (non-hydrogen) atoms. The van der Waals surface area contributed by atoms with E-state index in [1.807, 2.05) is 54.0 Å². The predicted molar refractivity (Wildman–Crippen MR) is 116 cm³/mol. The molecule has 0 saturated heterocycles. The maximum absolute atomic E-state index is 12.0. The second-order valence-corrected chi connectivity index (χ2v) is 6.90. The van der Waals surface area contributed by atoms with Gasteiger partial charge in [0.25, 0.3) is 5.91 Å². The predicted octanol–water partition coefficient (Wildman–Crippen LogP) is 3.94. The summed E-state index contributed by atoms with van der Waals surface area (Å²) in [5.41, 5.74) is 7.62. The molecule has 146 valence electrons. The van der Waals surface area contributed by atoms with Crippen LogP contribution < -0.4 is 11.1 Å². The van der Waals surface area contributed by atoms with Crippen LogP contribution in [0.2, 0.25) is 0 Å². The molecule has 0 saturated carbocycles. The second-order valence-electron chi connectivity index (χ2n) is 6.90. The van der Waals surface area contributed by atoms with Crippen molar-refractivity contribution in [3.05, 3.63) is 89.6 Å². The van der Waals surface area contributed by atoms with E-state index < -0.39 is 11.9 Å². The van der Waals surface area contributed by atoms with Gasteiger partial charge in [0, 0.05) is 29.2 Å². The lowest BCUT2D eigenvalue weighted by molar-refractivity contribution is -0.115. The first-order chi connectivity index (χ1) is 14.5. The Kier molecular flexibility index (Phi) is 5.02. The zero-order valence-electron chi connectivity index (χ0n) is 16.0. The number of imide groups is 1. The molecule has 0 radical (unpaired) electrons. The van der Waals surface area contributed by atoms with E-state index in [4.69, 9.17) is 5.73 Å². The lowest BCUT2D eigenvalue weighted by atomic mass is 10.1. The first kappa shape index (κ1) is 19.0. The number of hydrogen-bond acceptors (Lipinski definition) is 3. The molecular weight excluding hydrogens is 376 g/mol. The molecule has 6 heteroatoms. The third-order valence-corrected chi connectivity index (χ3v) is 4.89. The maximum Gasteiger partial charge on any atom is 0.319 e. The molecule has 1 heterocycles. The van der Waals surface area contributed by atoms with Gasteiger partial charge in [0.15, 0.2) is 0 Å². The van der Waals surface area contributed by atoms with Crippen LogP contribution in [0.4, 0.5) is 4.79 Å². The third-order valence-electron chi connectivity index (χ3n) is 4.89. The van der Waals surface area contributed by atoms with Gasteiger partial charge in [0.2, 0.25) is 0 Å². The van der Waals surface area contributed by atoms with Crippen LogP contribution in [0.25, 0.3) is 27.8 Å². The summed E-state index contributed by atoms with van der Waals surface area (Å²) in [4.78, 5) is 23.0. The van der Waals surface area contributed by atoms with Crippen LogP contribution in [0.5, 0.6) is 0 Å². The molecule has 0 aliphatic carbocycles. The fraction of sp³-hybridized carbons (Fsp3) is 0.0417. The molecule has 3 amide bonds. The minimum atomic E-state index is -1.00. The van der Waals surface area contributed by atoms with Crippen LogP contribution in [0.3, 0.4) is 0 Å². The Balaban J connectivity index is 1.75. The highest BCUT2D eigenvalue weighted by Crippen LogP contribution is 2.25. The summed E-state index contributed by atoms with van der Waals surface area (Å²) in [5.74, 6) is -0.823. The highest BCUT2D eigenvalue weighted by molar-refractivity contribution is 6.09. The number of nitrogens with zero attached hydrogens (tertiary/aromatic N) is 2. The number of amides is 3. The van der Waals surface area contributed by atoms with Crippen LogP contribution in [0, 0.1) is 11.3 Å². The molecule has 0 aliphatic rings. The first-order valence-corrected chi connectivity index (χ1v) is 9.33. The Bertz CT molecular complexity index is 1360. The number of aromatic nitrogens is 1. The number of benzene rings is 3. The molecule has 1 aromatic heterocycles. The second kappa shape index (κ2) is 7.94. The average Bonchev–Trinajstić information content (AvgIpc) is 3.08. The minimum Gasteiger partial charge on any atom is -0.351 e. The molecule has 4 aromatic rings. The Morgan fingerprint density at radius 1 is 1.03 bits per heavy atom. The van der Waals surface area contributed by atoms with Crippen molar-refractivity contribution in [2.75, 3.05) is 0 Å². The van der Waals surface area contributed by atoms with Crippen LogP contribution in [0.1, 0.15) is 11.1 Å². The number of carbonyl (C=O) groups excluding carboxylic acids is 2. The van der Waals surface area contributed by atoms with E-state index in [1.54, 1.807) is 0 Å². The Morgan fingerprint density at radius 3 is 2.53 bits per heavy atom. The number of carbonyl (C=O) groups is 2. The highest BCUT2D eigenvalue weighted by atomic mass is 16.2. The van der Waals surface area contributed by atoms with Gasteiger partial charge in [-0.15, -0.1) is 0 Å². The average molecular weight is 394 g/mol. The standard InChI is InChI=1S/C24H18N4O2/c25-13-19(23(29)27-24(26)30)12-20-15-28(22-8-4-3-7-21(20)22)14-16-9-10-17-5-1-2-6-18(17)11-16/h1-12,15H,14H2,(H3,26,27,29,30)/b19-12-. The van der Waals surface area contributed by atoms with Crippen molar-refractivity contribution in [2.45, 2.75) is 6.54 Å². The maximum atomic E-state index is 12.0. The smallest absolute Gasteiger partial charge is 0.319 e. The van der Waals surface area contributed by atoms with Crippen molar-refractivity contribution < 1.29 is 9.59 Å². The Hall–Kier alpha value is -4.37. The quantitative estimate of drug-likeness (QED) is 0.405. The topological polar surface area (TPSA) is 101 Å². The summed E-state index contributed by atoms with van der Waals surface area (Å²) in [6.07, 6.45) is 3.37. The fourth-order valence-corrected chi connectivity index (χ4v) is 3.54. The van der Waals surface area contributed by atoms with Gasteiger partial charge in [-0.25, -0.2) is 4.79 Å². The van der Waals surface area contributed by atoms with Gasteiger partial charge in [-0.05, 0) is 34.5 Å². The number of urea groups is 1. The van der Waals surface area contributed by atoms with E-state index in [1.165, 1.54) is 16.8 Å². The molecule has 0 spiro atoms. The number of rotatable bonds is 4. The van der Waals surface area contributed by atoms with Crippen molar-refractivity contribution in [3.8, 4) is 6.07 Å². The molecule has 0 fully saturated rings. The van der Waals surface area contributed by atoms with Crippen molar-refractivity contribution in [2.24, 2.45) is 5.73 Å². The molecular formula is C24H18N4O2. The Labute approximate surface area is 172 Å². The number of nitrogens with two attached hydrogens (primary N) is 1. The summed E-state index contributed by atoms with van der Waals surface area (Å²) in [5, 5.41) is 14.5. The van der Waals surface area contributed by atoms with E-state index in [-0.39, 0.29) is 5.57 Å². The zero-order valence-corrected chi connectivity index (χ0v) is 16.0. The summed E-state index contributed by atoms with van der Waals surface area (Å²) in [6.45, 7) is 0.633. The lowest BCUT2D eigenvalue weighted by Gasteiger charge is -2.07. The molecule has 3 aromatic carbocycles. The molecule has 3 N–H and O–H groups in total. The number of hydrogen-bond donors (Lipinski definition) is 2. The van der Waals surface area contributed by atoms with E-state index in [2.05, 4.69) is 34.9 Å². The summed E-state index contributed by atoms with van der Waals surface area (Å²) >= 11 is 0. The third kappa shape index (κ3) is 3.77. The highest BCUT2D eigenvalue weighted by Gasteiger charge is 2.14. The number of nitriles is 1. The van der Waals surface area contributed by atoms with E-state index in [0.717, 1.165) is 16.5 Å². The molecule has 0 unspecified atom stereocenters. The first-order valence-electron chi connectivity index (χ1n) is 9.33. The van der Waals surface area contributed by atoms with Crippen LogP contribution >= 0.6 is 0 Å². The number of fused-ring (bicyclic) bond motifs is 2. The van der Waals surface area contributed by atoms with Crippen molar-refractivity contribution in [3.63, 3.8) is 0 Å². The van der Waals surface area contributed by atoms with Crippen LogP contribution in [0.15, 0.2) is 78.5 Å². The van der Waals surface area contributed by atoms with E-state index in [0.29, 0.717) is 12.1 Å². The number of primary amides is 1. The SMILES string of the molecule is N#C/C(=C/c1cn(Cc2ccc3ccccc3c2)c2ccccc12)C(=O)NC(N)=O. The number of nitrogens with one attached hydrogen (secondary N) is 1. The van der Waals surface area contributed by atoms with Crippen molar-refractivity contribution in [1.29, 1.82) is 5.26 Å². The zero-order chi connectivity index (χ0) is 21.1. The fourth-order valence-electron chi connectivity index (χ4n) is 3.54. The van der Waals surface area contributed by atoms with Gasteiger partial charge >= 0.3 is 6.03 Å². The summed E-state index contributed by atoms with van der Waals surface area (Å²) < 4.78 is 2.08. The van der Waals surface area contributed by atoms with Gasteiger partial charge < -0.3 is 10.3 Å². The van der Waals surface area contributed by atoms with E-state index >= 15 is 0 Å². The van der Waals surface area contributed by atoms with Crippen LogP contribution in [-0.2, 0) is 11.3 Å². The lowest BCUT2D eigenvalue weighted by Crippen LogP contribution is -2.35. The summed E-state index contributed by atoms with van der Waals surface area (Å²) in [6, 6.07) is 23.1. The monoisotopic (exact) mass is 394 g/mol. The molecule has 0 bridgehead atoms. The molecule has 4 rings (SSSR count). The van der Waals surface area contributed by atoms with Crippen LogP contribution in [-0.4, -0.2) is 16.5 Å². The summed E-state index contributed by atoms with van der Waals surface area (Å²) in [7, 11) is 0. The van der Waals surface area contributed by atoms with Crippen molar-refractivity contribution in [1.82, 2.24) is 9.88 Å². The normalized spacial score (nSPS) is 11.4. The van der Waals surface area contributed by atoms with E-state index in [9.17, 15) is 14.9 Å².